The number of hydrogen-bond acceptors (Lipinski definition) is 5. The zero-order valence-corrected chi connectivity index (χ0v) is 8.10. The minimum atomic E-state index is -0.378. The standard InChI is InChI=1S/C8H13N3O4/c12-3-6-14-5-2-9-8(13)10-7-1-4-15-11-7/h1,4,12H,2-3,5-6H2,(H2,9,10,11,13). The Bertz CT molecular complexity index is 275. The molecule has 0 aromatic carbocycles. The van der Waals surface area contributed by atoms with Crippen LogP contribution in [0.4, 0.5) is 10.6 Å². The summed E-state index contributed by atoms with van der Waals surface area (Å²) in [4.78, 5) is 11.1. The molecular formula is C8H13N3O4. The van der Waals surface area contributed by atoms with E-state index in [-0.39, 0.29) is 19.2 Å². The average Bonchev–Trinajstić information content (AvgIpc) is 2.70. The van der Waals surface area contributed by atoms with Crippen LogP contribution in [0, 0.1) is 0 Å². The lowest BCUT2D eigenvalue weighted by molar-refractivity contribution is 0.0950. The first kappa shape index (κ1) is 11.5. The summed E-state index contributed by atoms with van der Waals surface area (Å²) in [6.45, 7) is 0.966. The maximum Gasteiger partial charge on any atom is 0.320 e. The van der Waals surface area contributed by atoms with Crippen LogP contribution in [0.15, 0.2) is 16.9 Å². The summed E-state index contributed by atoms with van der Waals surface area (Å²) in [6.07, 6.45) is 1.36. The number of anilines is 1. The first-order valence-electron chi connectivity index (χ1n) is 4.47. The molecule has 84 valence electrons. The van der Waals surface area contributed by atoms with Gasteiger partial charge in [0, 0.05) is 12.6 Å². The highest BCUT2D eigenvalue weighted by Crippen LogP contribution is 1.99. The van der Waals surface area contributed by atoms with Crippen molar-refractivity contribution < 1.29 is 19.2 Å². The molecule has 0 aliphatic carbocycles. The van der Waals surface area contributed by atoms with Gasteiger partial charge in [-0.2, -0.15) is 0 Å². The maximum atomic E-state index is 11.1. The molecule has 1 aromatic heterocycles. The molecule has 7 heteroatoms. The van der Waals surface area contributed by atoms with Crippen molar-refractivity contribution >= 4 is 11.8 Å². The van der Waals surface area contributed by atoms with E-state index in [1.807, 2.05) is 0 Å². The third-order valence-electron chi connectivity index (χ3n) is 1.45. The highest BCUT2D eigenvalue weighted by molar-refractivity contribution is 5.87. The van der Waals surface area contributed by atoms with Crippen LogP contribution >= 0.6 is 0 Å². The van der Waals surface area contributed by atoms with Crippen LogP contribution in [-0.4, -0.2) is 42.7 Å². The second-order valence-electron chi connectivity index (χ2n) is 2.60. The van der Waals surface area contributed by atoms with Gasteiger partial charge >= 0.3 is 6.03 Å². The van der Waals surface area contributed by atoms with Crippen molar-refractivity contribution in [2.24, 2.45) is 0 Å². The number of nitrogens with zero attached hydrogens (tertiary/aromatic N) is 1. The molecule has 0 atom stereocenters. The molecule has 1 aromatic rings. The van der Waals surface area contributed by atoms with E-state index in [9.17, 15) is 4.79 Å². The number of rotatable bonds is 6. The molecular weight excluding hydrogens is 202 g/mol. The lowest BCUT2D eigenvalue weighted by atomic mass is 10.6. The number of aliphatic hydroxyl groups excluding tert-OH is 1. The molecule has 3 N–H and O–H groups in total. The van der Waals surface area contributed by atoms with Crippen molar-refractivity contribution in [3.05, 3.63) is 12.3 Å². The van der Waals surface area contributed by atoms with Gasteiger partial charge in [-0.3, -0.25) is 5.32 Å². The monoisotopic (exact) mass is 215 g/mol. The highest BCUT2D eigenvalue weighted by Gasteiger charge is 2.02. The van der Waals surface area contributed by atoms with Gasteiger partial charge in [0.05, 0.1) is 19.8 Å². The predicted molar refractivity (Wildman–Crippen MR) is 51.4 cm³/mol. The van der Waals surface area contributed by atoms with E-state index in [0.717, 1.165) is 0 Å². The van der Waals surface area contributed by atoms with Gasteiger partial charge in [-0.05, 0) is 0 Å². The number of aromatic nitrogens is 1. The normalized spacial score (nSPS) is 9.93. The van der Waals surface area contributed by atoms with Crippen LogP contribution in [-0.2, 0) is 4.74 Å². The number of ether oxygens (including phenoxy) is 1. The summed E-state index contributed by atoms with van der Waals surface area (Å²) in [5.41, 5.74) is 0. The van der Waals surface area contributed by atoms with Crippen LogP contribution in [0.25, 0.3) is 0 Å². The fourth-order valence-electron chi connectivity index (χ4n) is 0.841. The second-order valence-corrected chi connectivity index (χ2v) is 2.60. The number of urea groups is 1. The van der Waals surface area contributed by atoms with Crippen molar-refractivity contribution in [1.29, 1.82) is 0 Å². The molecule has 0 unspecified atom stereocenters. The molecule has 1 heterocycles. The minimum Gasteiger partial charge on any atom is -0.394 e. The third kappa shape index (κ3) is 4.99. The lowest BCUT2D eigenvalue weighted by Crippen LogP contribution is -2.31. The molecule has 2 amide bonds. The molecule has 0 fully saturated rings. The fourth-order valence-corrected chi connectivity index (χ4v) is 0.841. The Morgan fingerprint density at radius 3 is 3.13 bits per heavy atom. The van der Waals surface area contributed by atoms with Gasteiger partial charge in [-0.25, -0.2) is 4.79 Å². The summed E-state index contributed by atoms with van der Waals surface area (Å²) in [6, 6.07) is 1.15. The molecule has 0 saturated heterocycles. The first-order chi connectivity index (χ1) is 7.33. The highest BCUT2D eigenvalue weighted by atomic mass is 16.5. The molecule has 0 spiro atoms. The molecule has 15 heavy (non-hydrogen) atoms. The Morgan fingerprint density at radius 2 is 2.47 bits per heavy atom. The predicted octanol–water partition coefficient (Wildman–Crippen LogP) is -0.195. The number of aliphatic hydroxyl groups is 1. The van der Waals surface area contributed by atoms with Gasteiger partial charge in [0.15, 0.2) is 5.82 Å². The number of amides is 2. The van der Waals surface area contributed by atoms with Crippen LogP contribution < -0.4 is 10.6 Å². The Morgan fingerprint density at radius 1 is 1.60 bits per heavy atom. The molecule has 0 bridgehead atoms. The van der Waals surface area contributed by atoms with E-state index in [2.05, 4.69) is 20.3 Å². The van der Waals surface area contributed by atoms with Crippen molar-refractivity contribution in [3.63, 3.8) is 0 Å². The van der Waals surface area contributed by atoms with Crippen molar-refractivity contribution in [3.8, 4) is 0 Å². The van der Waals surface area contributed by atoms with E-state index >= 15 is 0 Å². The summed E-state index contributed by atoms with van der Waals surface area (Å²) in [5, 5.41) is 16.9. The van der Waals surface area contributed by atoms with Gasteiger partial charge < -0.3 is 19.7 Å². The largest absolute Gasteiger partial charge is 0.394 e. The average molecular weight is 215 g/mol. The number of carbonyl (C=O) groups excluding carboxylic acids is 1. The molecule has 1 rings (SSSR count). The van der Waals surface area contributed by atoms with E-state index in [1.165, 1.54) is 12.3 Å². The van der Waals surface area contributed by atoms with E-state index in [0.29, 0.717) is 19.0 Å². The third-order valence-corrected chi connectivity index (χ3v) is 1.45. The van der Waals surface area contributed by atoms with Crippen LogP contribution in [0.3, 0.4) is 0 Å². The molecule has 0 saturated carbocycles. The number of carbonyl (C=O) groups is 1. The molecule has 0 aliphatic heterocycles. The van der Waals surface area contributed by atoms with E-state index in [1.54, 1.807) is 0 Å². The van der Waals surface area contributed by atoms with Gasteiger partial charge in [-0.1, -0.05) is 5.16 Å². The smallest absolute Gasteiger partial charge is 0.320 e. The second kappa shape index (κ2) is 6.80. The van der Waals surface area contributed by atoms with Crippen molar-refractivity contribution in [2.45, 2.75) is 0 Å². The van der Waals surface area contributed by atoms with Crippen LogP contribution in [0.5, 0.6) is 0 Å². The van der Waals surface area contributed by atoms with Crippen molar-refractivity contribution in [2.75, 3.05) is 31.7 Å². The summed E-state index contributed by atoms with van der Waals surface area (Å²) < 4.78 is 9.47. The zero-order valence-electron chi connectivity index (χ0n) is 8.10. The van der Waals surface area contributed by atoms with Crippen LogP contribution in [0.2, 0.25) is 0 Å². The van der Waals surface area contributed by atoms with Gasteiger partial charge in [0.1, 0.15) is 6.26 Å². The summed E-state index contributed by atoms with van der Waals surface area (Å²) >= 11 is 0. The first-order valence-corrected chi connectivity index (χ1v) is 4.47. The molecule has 0 radical (unpaired) electrons. The van der Waals surface area contributed by atoms with Gasteiger partial charge in [-0.15, -0.1) is 0 Å². The van der Waals surface area contributed by atoms with Crippen molar-refractivity contribution in [1.82, 2.24) is 10.5 Å². The number of hydrogen-bond donors (Lipinski definition) is 3. The Kier molecular flexibility index (Phi) is 5.20. The van der Waals surface area contributed by atoms with E-state index in [4.69, 9.17) is 9.84 Å². The maximum absolute atomic E-state index is 11.1. The number of nitrogens with one attached hydrogen (secondary N) is 2. The quantitative estimate of drug-likeness (QED) is 0.571. The Hall–Kier alpha value is -1.60. The fraction of sp³-hybridized carbons (Fsp3) is 0.500. The SMILES string of the molecule is O=C(NCCOCCO)Nc1ccon1. The minimum absolute atomic E-state index is 0.0227. The molecule has 0 aliphatic rings. The van der Waals surface area contributed by atoms with Gasteiger partial charge in [0.2, 0.25) is 0 Å². The Labute approximate surface area is 86.4 Å². The van der Waals surface area contributed by atoms with E-state index < -0.39 is 0 Å². The molecule has 7 nitrogen and oxygen atoms in total. The van der Waals surface area contributed by atoms with Crippen LogP contribution in [0.1, 0.15) is 0 Å². The Balaban J connectivity index is 2.04. The summed E-state index contributed by atoms with van der Waals surface area (Å²) in [5.74, 6) is 0.351. The topological polar surface area (TPSA) is 96.6 Å². The lowest BCUT2D eigenvalue weighted by Gasteiger charge is -2.05. The zero-order chi connectivity index (χ0) is 10.9. The van der Waals surface area contributed by atoms with Gasteiger partial charge in [0.25, 0.3) is 0 Å². The summed E-state index contributed by atoms with van der Waals surface area (Å²) in [7, 11) is 0.